The van der Waals surface area contributed by atoms with Crippen molar-refractivity contribution in [1.82, 2.24) is 20.1 Å². The molecule has 9 heteroatoms. The van der Waals surface area contributed by atoms with Crippen molar-refractivity contribution in [3.63, 3.8) is 0 Å². The Bertz CT molecular complexity index is 1220. The summed E-state index contributed by atoms with van der Waals surface area (Å²) >= 11 is 0. The lowest BCUT2D eigenvalue weighted by Crippen LogP contribution is -2.26. The number of rotatable bonds is 8. The number of carbonyl (C=O) groups is 1. The molecule has 2 aliphatic carbocycles. The standard InChI is InChI=1S/C24H30F3N3O.C5H8N2/c1-5-16(10-11-23(4)12-13-23)29-15(3)30-21(19(6-2)24(25,26)27)18-14-28-22-17(18)8-7-9-20(22)31;1-5-3-6-7(2)4-5/h6-8,14,16,28H,2,5,9-13H2,1,3-4H3,(H,29,30);3-4H,1-2H3/b21-19+;. The molecule has 6 nitrogen and oxygen atoms in total. The smallest absolute Gasteiger partial charge is 0.358 e. The Morgan fingerprint density at radius 2 is 2.11 bits per heavy atom. The highest BCUT2D eigenvalue weighted by atomic mass is 19.4. The molecule has 2 heterocycles. The highest BCUT2D eigenvalue weighted by Crippen LogP contribution is 2.49. The predicted octanol–water partition coefficient (Wildman–Crippen LogP) is 7.17. The summed E-state index contributed by atoms with van der Waals surface area (Å²) in [5.74, 6) is 0.257. The molecule has 0 bridgehead atoms. The van der Waals surface area contributed by atoms with E-state index >= 15 is 0 Å². The molecular weight excluding hydrogens is 491 g/mol. The minimum Gasteiger partial charge on any atom is -0.358 e. The number of H-pyrrole nitrogens is 1. The van der Waals surface area contributed by atoms with E-state index in [1.54, 1.807) is 23.8 Å². The lowest BCUT2D eigenvalue weighted by molar-refractivity contribution is -0.0877. The van der Waals surface area contributed by atoms with E-state index in [1.165, 1.54) is 24.6 Å². The third-order valence-corrected chi connectivity index (χ3v) is 7.01. The Balaban J connectivity index is 0.000000494. The van der Waals surface area contributed by atoms with Gasteiger partial charge in [0.15, 0.2) is 5.78 Å². The fourth-order valence-electron chi connectivity index (χ4n) is 4.44. The van der Waals surface area contributed by atoms with E-state index < -0.39 is 11.7 Å². The quantitative estimate of drug-likeness (QED) is 0.216. The molecule has 2 aliphatic rings. The first-order valence-corrected chi connectivity index (χ1v) is 13.0. The Morgan fingerprint density at radius 3 is 2.61 bits per heavy atom. The van der Waals surface area contributed by atoms with Crippen molar-refractivity contribution in [1.29, 1.82) is 0 Å². The molecule has 4 rings (SSSR count). The van der Waals surface area contributed by atoms with Gasteiger partial charge >= 0.3 is 6.18 Å². The number of fused-ring (bicyclic) bond motifs is 1. The minimum atomic E-state index is -4.61. The number of aliphatic imine (C=N–C) groups is 1. The Labute approximate surface area is 222 Å². The number of aromatic amines is 1. The zero-order valence-electron chi connectivity index (χ0n) is 22.9. The number of aromatic nitrogens is 3. The summed E-state index contributed by atoms with van der Waals surface area (Å²) in [6, 6.07) is 0.0471. The van der Waals surface area contributed by atoms with E-state index in [0.717, 1.165) is 25.3 Å². The number of amidine groups is 1. The highest BCUT2D eigenvalue weighted by Gasteiger charge is 2.37. The van der Waals surface area contributed by atoms with Crippen LogP contribution in [0.15, 0.2) is 47.9 Å². The number of halogens is 3. The molecule has 1 saturated carbocycles. The van der Waals surface area contributed by atoms with Crippen LogP contribution in [0.1, 0.15) is 86.5 Å². The summed E-state index contributed by atoms with van der Waals surface area (Å²) in [4.78, 5) is 19.7. The Hall–Kier alpha value is -3.36. The van der Waals surface area contributed by atoms with Gasteiger partial charge in [0.25, 0.3) is 0 Å². The molecular formula is C29H38F3N5O. The van der Waals surface area contributed by atoms with Crippen molar-refractivity contribution >= 4 is 23.4 Å². The minimum absolute atomic E-state index is 0.0471. The maximum Gasteiger partial charge on any atom is 0.418 e. The van der Waals surface area contributed by atoms with E-state index in [0.29, 0.717) is 22.5 Å². The van der Waals surface area contributed by atoms with Gasteiger partial charge in [0, 0.05) is 37.0 Å². The summed E-state index contributed by atoms with van der Waals surface area (Å²) in [5, 5.41) is 6.83. The van der Waals surface area contributed by atoms with Crippen molar-refractivity contribution in [3.8, 4) is 0 Å². The molecule has 2 aromatic rings. The molecule has 2 N–H and O–H groups in total. The molecule has 1 unspecified atom stereocenters. The first-order chi connectivity index (χ1) is 17.9. The SMILES string of the molecule is C=C/C(=C(\NC(C)=NC(CC)CCC1(C)CC1)c1c[nH]c2c1C=CCC2=O)C(F)(F)F.Cc1cnn(C)c1. The second-order valence-electron chi connectivity index (χ2n) is 10.5. The molecule has 38 heavy (non-hydrogen) atoms. The van der Waals surface area contributed by atoms with Gasteiger partial charge in [-0.15, -0.1) is 0 Å². The zero-order valence-corrected chi connectivity index (χ0v) is 22.9. The summed E-state index contributed by atoms with van der Waals surface area (Å²) in [6.07, 6.45) is 10.3. The van der Waals surface area contributed by atoms with Crippen LogP contribution in [0.2, 0.25) is 0 Å². The third kappa shape index (κ3) is 7.58. The maximum atomic E-state index is 13.8. The molecule has 0 amide bonds. The molecule has 0 saturated heterocycles. The number of Topliss-reactive ketones (excluding diaryl/α,β-unsaturated/α-hetero) is 1. The van der Waals surface area contributed by atoms with Gasteiger partial charge in [-0.25, -0.2) is 0 Å². The molecule has 2 aromatic heterocycles. The highest BCUT2D eigenvalue weighted by molar-refractivity contribution is 6.04. The van der Waals surface area contributed by atoms with E-state index in [2.05, 4.69) is 33.9 Å². The Kier molecular flexibility index (Phi) is 9.22. The van der Waals surface area contributed by atoms with Crippen LogP contribution in [-0.4, -0.2) is 38.6 Å². The Morgan fingerprint density at radius 1 is 1.39 bits per heavy atom. The summed E-state index contributed by atoms with van der Waals surface area (Å²) in [7, 11) is 1.91. The third-order valence-electron chi connectivity index (χ3n) is 7.01. The first-order valence-electron chi connectivity index (χ1n) is 13.0. The van der Waals surface area contributed by atoms with Crippen molar-refractivity contribution in [2.24, 2.45) is 17.5 Å². The first kappa shape index (κ1) is 29.2. The zero-order chi connectivity index (χ0) is 28.1. The number of carbonyl (C=O) groups excluding carboxylic acids is 1. The van der Waals surface area contributed by atoms with E-state index in [4.69, 9.17) is 0 Å². The van der Waals surface area contributed by atoms with Gasteiger partial charge in [0.1, 0.15) is 0 Å². The van der Waals surface area contributed by atoms with E-state index in [9.17, 15) is 18.0 Å². The number of allylic oxidation sites excluding steroid dienone is 3. The molecule has 206 valence electrons. The van der Waals surface area contributed by atoms with Gasteiger partial charge in [-0.3, -0.25) is 14.5 Å². The molecule has 0 aromatic carbocycles. The molecule has 1 atom stereocenters. The normalized spacial score (nSPS) is 17.7. The van der Waals surface area contributed by atoms with Crippen molar-refractivity contribution in [3.05, 3.63) is 65.3 Å². The summed E-state index contributed by atoms with van der Waals surface area (Å²) < 4.78 is 43.2. The average Bonchev–Trinajstić information content (AvgIpc) is 3.22. The monoisotopic (exact) mass is 529 g/mol. The topological polar surface area (TPSA) is 75.1 Å². The number of alkyl halides is 3. The fourth-order valence-corrected chi connectivity index (χ4v) is 4.44. The van der Waals surface area contributed by atoms with Gasteiger partial charge in [-0.2, -0.15) is 18.3 Å². The van der Waals surface area contributed by atoms with Gasteiger partial charge in [-0.05, 0) is 56.9 Å². The number of aryl methyl sites for hydroxylation is 2. The van der Waals surface area contributed by atoms with Crippen LogP contribution in [-0.2, 0) is 7.05 Å². The lowest BCUT2D eigenvalue weighted by Gasteiger charge is -2.20. The van der Waals surface area contributed by atoms with Crippen LogP contribution in [0, 0.1) is 12.3 Å². The van der Waals surface area contributed by atoms with Crippen molar-refractivity contribution < 1.29 is 18.0 Å². The molecule has 0 radical (unpaired) electrons. The van der Waals surface area contributed by atoms with E-state index in [1.807, 2.05) is 33.3 Å². The lowest BCUT2D eigenvalue weighted by atomic mass is 9.97. The second-order valence-corrected chi connectivity index (χ2v) is 10.5. The summed E-state index contributed by atoms with van der Waals surface area (Å²) in [6.45, 7) is 11.4. The van der Waals surface area contributed by atoms with Gasteiger partial charge in [-0.1, -0.05) is 38.7 Å². The number of nitrogens with one attached hydrogen (secondary N) is 2. The van der Waals surface area contributed by atoms with Crippen LogP contribution < -0.4 is 5.32 Å². The van der Waals surface area contributed by atoms with Gasteiger partial charge < -0.3 is 10.3 Å². The number of nitrogens with zero attached hydrogens (tertiary/aromatic N) is 3. The molecule has 1 fully saturated rings. The van der Waals surface area contributed by atoms with Crippen molar-refractivity contribution in [2.45, 2.75) is 78.4 Å². The summed E-state index contributed by atoms with van der Waals surface area (Å²) in [5.41, 5.74) is 1.62. The number of ketones is 1. The van der Waals surface area contributed by atoms with Crippen molar-refractivity contribution in [2.75, 3.05) is 0 Å². The van der Waals surface area contributed by atoms with Gasteiger partial charge in [0.2, 0.25) is 0 Å². The van der Waals surface area contributed by atoms with E-state index in [-0.39, 0.29) is 29.5 Å². The predicted molar refractivity (Wildman–Crippen MR) is 147 cm³/mol. The molecule has 0 spiro atoms. The van der Waals surface area contributed by atoms with Crippen LogP contribution in [0.5, 0.6) is 0 Å². The van der Waals surface area contributed by atoms with Gasteiger partial charge in [0.05, 0.1) is 35.0 Å². The maximum absolute atomic E-state index is 13.8. The fraction of sp³-hybridized carbons (Fsp3) is 0.483. The second kappa shape index (κ2) is 12.0. The van der Waals surface area contributed by atoms with Crippen LogP contribution in [0.3, 0.4) is 0 Å². The van der Waals surface area contributed by atoms with Crippen LogP contribution in [0.4, 0.5) is 13.2 Å². The van der Waals surface area contributed by atoms with Crippen LogP contribution in [0.25, 0.3) is 11.8 Å². The average molecular weight is 530 g/mol. The van der Waals surface area contributed by atoms with Crippen LogP contribution >= 0.6 is 0 Å². The number of hydrogen-bond donors (Lipinski definition) is 2. The number of hydrogen-bond acceptors (Lipinski definition) is 3. The largest absolute Gasteiger partial charge is 0.418 e. The molecule has 0 aliphatic heterocycles.